The Bertz CT molecular complexity index is 938. The molecule has 1 aromatic heterocycles. The first-order valence-corrected chi connectivity index (χ1v) is 9.79. The second kappa shape index (κ2) is 10.6. The van der Waals surface area contributed by atoms with Gasteiger partial charge in [0.05, 0.1) is 17.3 Å². The first-order chi connectivity index (χ1) is 14.1. The molecular formula is C22H19Cl2N3O2. The van der Waals surface area contributed by atoms with Gasteiger partial charge in [-0.2, -0.15) is 5.10 Å². The van der Waals surface area contributed by atoms with Crippen LogP contribution in [0.4, 0.5) is 0 Å². The highest BCUT2D eigenvalue weighted by molar-refractivity contribution is 6.35. The summed E-state index contributed by atoms with van der Waals surface area (Å²) in [5, 5.41) is 5.32. The van der Waals surface area contributed by atoms with Crippen LogP contribution in [0.25, 0.3) is 0 Å². The lowest BCUT2D eigenvalue weighted by molar-refractivity contribution is -0.121. The van der Waals surface area contributed by atoms with Crippen LogP contribution >= 0.6 is 23.2 Å². The van der Waals surface area contributed by atoms with E-state index in [0.29, 0.717) is 34.5 Å². The van der Waals surface area contributed by atoms with Gasteiger partial charge in [-0.25, -0.2) is 5.43 Å². The van der Waals surface area contributed by atoms with Gasteiger partial charge in [-0.1, -0.05) is 53.5 Å². The number of hydrogen-bond donors (Lipinski definition) is 1. The molecule has 0 saturated carbocycles. The molecular weight excluding hydrogens is 409 g/mol. The second-order valence-corrected chi connectivity index (χ2v) is 6.97. The van der Waals surface area contributed by atoms with Gasteiger partial charge in [0.1, 0.15) is 5.75 Å². The minimum absolute atomic E-state index is 0.196. The zero-order valence-corrected chi connectivity index (χ0v) is 17.0. The summed E-state index contributed by atoms with van der Waals surface area (Å²) in [6.07, 6.45) is 4.17. The van der Waals surface area contributed by atoms with Crippen LogP contribution in [0, 0.1) is 0 Å². The molecule has 0 spiro atoms. The Morgan fingerprint density at radius 2 is 1.72 bits per heavy atom. The van der Waals surface area contributed by atoms with Crippen molar-refractivity contribution in [3.63, 3.8) is 0 Å². The van der Waals surface area contributed by atoms with Crippen molar-refractivity contribution in [2.45, 2.75) is 12.8 Å². The van der Waals surface area contributed by atoms with E-state index in [1.165, 1.54) is 0 Å². The largest absolute Gasteiger partial charge is 0.492 e. The molecule has 7 heteroatoms. The number of benzene rings is 2. The average Bonchev–Trinajstić information content (AvgIpc) is 2.74. The first-order valence-electron chi connectivity index (χ1n) is 9.03. The summed E-state index contributed by atoms with van der Waals surface area (Å²) in [7, 11) is 0. The number of hydrogen-bond acceptors (Lipinski definition) is 4. The number of hydrazone groups is 1. The summed E-state index contributed by atoms with van der Waals surface area (Å²) in [5.41, 5.74) is 5.07. The fraction of sp³-hybridized carbons (Fsp3) is 0.136. The number of nitrogens with zero attached hydrogens (tertiary/aromatic N) is 2. The van der Waals surface area contributed by atoms with Crippen molar-refractivity contribution in [3.05, 3.63) is 94.2 Å². The Balaban J connectivity index is 1.56. The third-order valence-corrected chi connectivity index (χ3v) is 4.52. The zero-order valence-electron chi connectivity index (χ0n) is 15.5. The van der Waals surface area contributed by atoms with Crippen LogP contribution in [0.3, 0.4) is 0 Å². The minimum atomic E-state index is -0.196. The van der Waals surface area contributed by atoms with Gasteiger partial charge in [-0.15, -0.1) is 0 Å². The van der Waals surface area contributed by atoms with E-state index in [2.05, 4.69) is 15.5 Å². The van der Waals surface area contributed by atoms with Gasteiger partial charge in [-0.3, -0.25) is 9.78 Å². The number of carbonyl (C=O) groups excluding carboxylic acids is 1. The standard InChI is InChI=1S/C22H19Cl2N3O2/c23-18-8-9-20(19(24)15-18)29-14-4-7-21(28)26-27-22(16-5-2-1-3-6-16)17-10-12-25-13-11-17/h1-3,5-6,8-13,15H,4,7,14H2,(H,26,28)/b27-22+. The van der Waals surface area contributed by atoms with E-state index in [-0.39, 0.29) is 12.3 Å². The van der Waals surface area contributed by atoms with E-state index < -0.39 is 0 Å². The monoisotopic (exact) mass is 427 g/mol. The van der Waals surface area contributed by atoms with Crippen molar-refractivity contribution in [1.82, 2.24) is 10.4 Å². The molecule has 0 aliphatic carbocycles. The Hall–Kier alpha value is -2.89. The van der Waals surface area contributed by atoms with E-state index in [1.54, 1.807) is 30.6 Å². The van der Waals surface area contributed by atoms with Crippen molar-refractivity contribution in [2.24, 2.45) is 5.10 Å². The van der Waals surface area contributed by atoms with Crippen LogP contribution in [-0.4, -0.2) is 23.2 Å². The third-order valence-electron chi connectivity index (χ3n) is 3.99. The van der Waals surface area contributed by atoms with Gasteiger partial charge >= 0.3 is 0 Å². The number of rotatable bonds is 8. The lowest BCUT2D eigenvalue weighted by Crippen LogP contribution is -2.21. The Kier molecular flexibility index (Phi) is 7.61. The van der Waals surface area contributed by atoms with E-state index in [0.717, 1.165) is 11.1 Å². The van der Waals surface area contributed by atoms with Crippen LogP contribution in [0.5, 0.6) is 5.75 Å². The lowest BCUT2D eigenvalue weighted by atomic mass is 10.0. The Morgan fingerprint density at radius 3 is 2.45 bits per heavy atom. The molecule has 3 rings (SSSR count). The maximum absolute atomic E-state index is 12.2. The number of ether oxygens (including phenoxy) is 1. The van der Waals surface area contributed by atoms with E-state index in [9.17, 15) is 4.79 Å². The van der Waals surface area contributed by atoms with Crippen molar-refractivity contribution in [1.29, 1.82) is 0 Å². The maximum Gasteiger partial charge on any atom is 0.240 e. The molecule has 2 aromatic carbocycles. The lowest BCUT2D eigenvalue weighted by Gasteiger charge is -2.09. The predicted octanol–water partition coefficient (Wildman–Crippen LogP) is 5.12. The van der Waals surface area contributed by atoms with Crippen LogP contribution in [-0.2, 0) is 4.79 Å². The Labute approximate surface area is 179 Å². The van der Waals surface area contributed by atoms with Crippen LogP contribution in [0.2, 0.25) is 10.0 Å². The van der Waals surface area contributed by atoms with E-state index in [4.69, 9.17) is 27.9 Å². The first kappa shape index (κ1) is 20.8. The van der Waals surface area contributed by atoms with Gasteiger partial charge in [-0.05, 0) is 36.8 Å². The molecule has 148 valence electrons. The zero-order chi connectivity index (χ0) is 20.5. The number of halogens is 2. The van der Waals surface area contributed by atoms with Gasteiger partial charge in [0.25, 0.3) is 0 Å². The molecule has 29 heavy (non-hydrogen) atoms. The highest BCUT2D eigenvalue weighted by Gasteiger charge is 2.08. The molecule has 1 N–H and O–H groups in total. The number of nitrogens with one attached hydrogen (secondary N) is 1. The smallest absolute Gasteiger partial charge is 0.240 e. The fourth-order valence-corrected chi connectivity index (χ4v) is 3.05. The number of carbonyl (C=O) groups is 1. The molecule has 0 aliphatic rings. The molecule has 0 saturated heterocycles. The van der Waals surface area contributed by atoms with E-state index in [1.807, 2.05) is 42.5 Å². The molecule has 1 heterocycles. The van der Waals surface area contributed by atoms with Gasteiger partial charge in [0.15, 0.2) is 0 Å². The van der Waals surface area contributed by atoms with Gasteiger partial charge in [0, 0.05) is 35.0 Å². The molecule has 0 unspecified atom stereocenters. The molecule has 0 radical (unpaired) electrons. The molecule has 5 nitrogen and oxygen atoms in total. The second-order valence-electron chi connectivity index (χ2n) is 6.12. The molecule has 0 fully saturated rings. The molecule has 0 atom stereocenters. The summed E-state index contributed by atoms with van der Waals surface area (Å²) in [5.74, 6) is 0.344. The molecule has 3 aromatic rings. The third kappa shape index (κ3) is 6.31. The van der Waals surface area contributed by atoms with Crippen molar-refractivity contribution in [3.8, 4) is 5.75 Å². The summed E-state index contributed by atoms with van der Waals surface area (Å²) in [4.78, 5) is 16.2. The van der Waals surface area contributed by atoms with Gasteiger partial charge in [0.2, 0.25) is 5.91 Å². The average molecular weight is 428 g/mol. The number of amides is 1. The SMILES string of the molecule is O=C(CCCOc1ccc(Cl)cc1Cl)N/N=C(\c1ccccc1)c1ccncc1. The number of pyridine rings is 1. The molecule has 0 bridgehead atoms. The summed E-state index contributed by atoms with van der Waals surface area (Å²) in [6.45, 7) is 0.356. The van der Waals surface area contributed by atoms with Crippen LogP contribution < -0.4 is 10.2 Å². The number of aromatic nitrogens is 1. The maximum atomic E-state index is 12.2. The van der Waals surface area contributed by atoms with Gasteiger partial charge < -0.3 is 4.74 Å². The van der Waals surface area contributed by atoms with Crippen LogP contribution in [0.1, 0.15) is 24.0 Å². The van der Waals surface area contributed by atoms with Crippen molar-refractivity contribution in [2.75, 3.05) is 6.61 Å². The highest BCUT2D eigenvalue weighted by atomic mass is 35.5. The fourth-order valence-electron chi connectivity index (χ4n) is 2.58. The highest BCUT2D eigenvalue weighted by Crippen LogP contribution is 2.27. The quantitative estimate of drug-likeness (QED) is 0.308. The summed E-state index contributed by atoms with van der Waals surface area (Å²) < 4.78 is 5.59. The topological polar surface area (TPSA) is 63.6 Å². The summed E-state index contributed by atoms with van der Waals surface area (Å²) in [6, 6.07) is 18.4. The van der Waals surface area contributed by atoms with Crippen LogP contribution in [0.15, 0.2) is 78.2 Å². The molecule has 1 amide bonds. The van der Waals surface area contributed by atoms with Crippen molar-refractivity contribution >= 4 is 34.8 Å². The normalized spacial score (nSPS) is 11.2. The minimum Gasteiger partial charge on any atom is -0.492 e. The summed E-state index contributed by atoms with van der Waals surface area (Å²) >= 11 is 11.9. The Morgan fingerprint density at radius 1 is 1.00 bits per heavy atom. The predicted molar refractivity (Wildman–Crippen MR) is 116 cm³/mol. The molecule has 0 aliphatic heterocycles. The van der Waals surface area contributed by atoms with Crippen molar-refractivity contribution < 1.29 is 9.53 Å². The van der Waals surface area contributed by atoms with E-state index >= 15 is 0 Å².